The first-order valence-electron chi connectivity index (χ1n) is 10.9. The molecule has 11 heteroatoms. The van der Waals surface area contributed by atoms with Gasteiger partial charge in [0.05, 0.1) is 11.4 Å². The molecule has 0 heterocycles. The lowest BCUT2D eigenvalue weighted by atomic mass is 10.2. The number of benzene rings is 4. The highest BCUT2D eigenvalue weighted by molar-refractivity contribution is 7.87. The molecular weight excluding hydrogens is 516 g/mol. The molecule has 37 heavy (non-hydrogen) atoms. The summed E-state index contributed by atoms with van der Waals surface area (Å²) in [5.41, 5.74) is 0.717. The fourth-order valence-electron chi connectivity index (χ4n) is 3.26. The van der Waals surface area contributed by atoms with Gasteiger partial charge >= 0.3 is 26.3 Å². The van der Waals surface area contributed by atoms with Gasteiger partial charge in [-0.05, 0) is 42.0 Å². The highest BCUT2D eigenvalue weighted by atomic mass is 32.2. The summed E-state index contributed by atoms with van der Waals surface area (Å²) < 4.78 is 60.9. The van der Waals surface area contributed by atoms with Crippen LogP contribution in [0.25, 0.3) is 0 Å². The van der Waals surface area contributed by atoms with Crippen LogP contribution in [0.2, 0.25) is 0 Å². The minimum Gasteiger partial charge on any atom is -0.380 e. The Kier molecular flexibility index (Phi) is 7.75. The number of amides is 2. The van der Waals surface area contributed by atoms with Crippen LogP contribution >= 0.6 is 0 Å². The highest BCUT2D eigenvalue weighted by Crippen LogP contribution is 2.29. The van der Waals surface area contributed by atoms with Gasteiger partial charge in [-0.15, -0.1) is 0 Å². The van der Waals surface area contributed by atoms with Gasteiger partial charge < -0.3 is 19.0 Å². The SMILES string of the molecule is O=C(Nc1ccccc1OS(=O)(=O)Cc1ccccc1)Nc1ccccc1OS(=O)(=O)c1ccccc1. The summed E-state index contributed by atoms with van der Waals surface area (Å²) in [5.74, 6) is -0.532. The summed E-state index contributed by atoms with van der Waals surface area (Å²) in [5, 5.41) is 5.04. The number of carbonyl (C=O) groups is 1. The normalized spacial score (nSPS) is 11.4. The van der Waals surface area contributed by atoms with Gasteiger partial charge in [0.1, 0.15) is 10.6 Å². The van der Waals surface area contributed by atoms with Gasteiger partial charge in [0.15, 0.2) is 11.5 Å². The Morgan fingerprint density at radius 1 is 0.595 bits per heavy atom. The molecule has 2 amide bonds. The highest BCUT2D eigenvalue weighted by Gasteiger charge is 2.20. The Bertz CT molecular complexity index is 1590. The number of rotatable bonds is 9. The number of anilines is 2. The maximum Gasteiger partial charge on any atom is 0.339 e. The first-order valence-corrected chi connectivity index (χ1v) is 13.9. The van der Waals surface area contributed by atoms with Crippen molar-refractivity contribution in [1.82, 2.24) is 0 Å². The molecule has 4 aromatic carbocycles. The molecule has 2 N–H and O–H groups in total. The number of nitrogens with one attached hydrogen (secondary N) is 2. The van der Waals surface area contributed by atoms with Crippen LogP contribution in [0.15, 0.2) is 114 Å². The Hall–Kier alpha value is -4.35. The van der Waals surface area contributed by atoms with Crippen LogP contribution in [0.4, 0.5) is 16.2 Å². The summed E-state index contributed by atoms with van der Waals surface area (Å²) in [7, 11) is -8.16. The van der Waals surface area contributed by atoms with Crippen LogP contribution in [-0.2, 0) is 26.0 Å². The Balaban J connectivity index is 1.48. The van der Waals surface area contributed by atoms with Crippen LogP contribution in [0.1, 0.15) is 5.56 Å². The van der Waals surface area contributed by atoms with E-state index in [4.69, 9.17) is 8.37 Å². The summed E-state index contributed by atoms with van der Waals surface area (Å²) in [4.78, 5) is 12.7. The van der Waals surface area contributed by atoms with Gasteiger partial charge in [-0.1, -0.05) is 72.8 Å². The van der Waals surface area contributed by atoms with Crippen LogP contribution in [-0.4, -0.2) is 22.9 Å². The summed E-state index contributed by atoms with van der Waals surface area (Å²) in [6, 6.07) is 27.4. The fraction of sp³-hybridized carbons (Fsp3) is 0.0385. The van der Waals surface area contributed by atoms with Crippen molar-refractivity contribution in [2.24, 2.45) is 0 Å². The van der Waals surface area contributed by atoms with Crippen molar-refractivity contribution in [1.29, 1.82) is 0 Å². The molecule has 0 radical (unpaired) electrons. The van der Waals surface area contributed by atoms with Crippen molar-refractivity contribution < 1.29 is 30.0 Å². The van der Waals surface area contributed by atoms with Crippen LogP contribution in [0.5, 0.6) is 11.5 Å². The largest absolute Gasteiger partial charge is 0.380 e. The molecule has 0 fully saturated rings. The fourth-order valence-corrected chi connectivity index (χ4v) is 5.31. The third kappa shape index (κ3) is 7.09. The lowest BCUT2D eigenvalue weighted by Gasteiger charge is -2.15. The lowest BCUT2D eigenvalue weighted by Crippen LogP contribution is -2.21. The van der Waals surface area contributed by atoms with Crippen molar-refractivity contribution in [2.75, 3.05) is 10.6 Å². The van der Waals surface area contributed by atoms with E-state index in [-0.39, 0.29) is 33.5 Å². The van der Waals surface area contributed by atoms with Gasteiger partial charge in [-0.2, -0.15) is 16.8 Å². The predicted octanol–water partition coefficient (Wildman–Crippen LogP) is 5.01. The number of hydrogen-bond acceptors (Lipinski definition) is 7. The molecule has 0 saturated heterocycles. The third-order valence-electron chi connectivity index (χ3n) is 4.90. The molecule has 0 saturated carbocycles. The summed E-state index contributed by atoms with van der Waals surface area (Å²) in [6.07, 6.45) is 0. The van der Waals surface area contributed by atoms with Crippen LogP contribution in [0.3, 0.4) is 0 Å². The maximum absolute atomic E-state index is 12.7. The minimum absolute atomic E-state index is 0.0444. The molecular formula is C26H22N2O7S2. The Labute approximate surface area is 214 Å². The van der Waals surface area contributed by atoms with Crippen molar-refractivity contribution >= 4 is 37.6 Å². The van der Waals surface area contributed by atoms with E-state index in [1.54, 1.807) is 72.8 Å². The number of carbonyl (C=O) groups excluding carboxylic acids is 1. The average Bonchev–Trinajstić information content (AvgIpc) is 2.87. The molecule has 0 bridgehead atoms. The molecule has 190 valence electrons. The average molecular weight is 539 g/mol. The third-order valence-corrected chi connectivity index (χ3v) is 7.27. The van der Waals surface area contributed by atoms with Crippen molar-refractivity contribution in [3.63, 3.8) is 0 Å². The van der Waals surface area contributed by atoms with E-state index in [9.17, 15) is 21.6 Å². The lowest BCUT2D eigenvalue weighted by molar-refractivity contribution is 0.262. The standard InChI is InChI=1S/C26H22N2O7S2/c29-26(28-23-16-8-10-18-25(23)35-37(32,33)21-13-5-2-6-14-21)27-22-15-7-9-17-24(22)34-36(30,31)19-20-11-3-1-4-12-20/h1-18H,19H2,(H2,27,28,29). The molecule has 0 unspecified atom stereocenters. The summed E-state index contributed by atoms with van der Waals surface area (Å²) in [6.45, 7) is 0. The van der Waals surface area contributed by atoms with Gasteiger partial charge in [0.25, 0.3) is 0 Å². The zero-order valence-electron chi connectivity index (χ0n) is 19.3. The zero-order chi connectivity index (χ0) is 26.3. The number of hydrogen-bond donors (Lipinski definition) is 2. The van der Waals surface area contributed by atoms with Crippen molar-refractivity contribution in [3.8, 4) is 11.5 Å². The molecule has 0 aliphatic carbocycles. The van der Waals surface area contributed by atoms with Crippen LogP contribution in [0, 0.1) is 0 Å². The molecule has 0 atom stereocenters. The molecule has 0 aliphatic heterocycles. The number of para-hydroxylation sites is 4. The molecule has 0 aliphatic rings. The van der Waals surface area contributed by atoms with Gasteiger partial charge in [0.2, 0.25) is 0 Å². The zero-order valence-corrected chi connectivity index (χ0v) is 20.9. The van der Waals surface area contributed by atoms with E-state index < -0.39 is 26.3 Å². The van der Waals surface area contributed by atoms with E-state index >= 15 is 0 Å². The molecule has 0 spiro atoms. The second-order valence-electron chi connectivity index (χ2n) is 7.69. The van der Waals surface area contributed by atoms with Gasteiger partial charge in [-0.25, -0.2) is 4.79 Å². The topological polar surface area (TPSA) is 128 Å². The Morgan fingerprint density at radius 2 is 1.05 bits per heavy atom. The molecule has 9 nitrogen and oxygen atoms in total. The van der Waals surface area contributed by atoms with Crippen molar-refractivity contribution in [3.05, 3.63) is 115 Å². The van der Waals surface area contributed by atoms with E-state index in [1.807, 2.05) is 0 Å². The van der Waals surface area contributed by atoms with Crippen LogP contribution < -0.4 is 19.0 Å². The van der Waals surface area contributed by atoms with Crippen molar-refractivity contribution in [2.45, 2.75) is 10.6 Å². The second kappa shape index (κ2) is 11.1. The van der Waals surface area contributed by atoms with E-state index in [1.165, 1.54) is 36.4 Å². The first-order chi connectivity index (χ1) is 17.7. The van der Waals surface area contributed by atoms with Gasteiger partial charge in [0, 0.05) is 0 Å². The molecule has 4 aromatic rings. The smallest absolute Gasteiger partial charge is 0.339 e. The maximum atomic E-state index is 12.7. The van der Waals surface area contributed by atoms with E-state index in [2.05, 4.69) is 10.6 Å². The van der Waals surface area contributed by atoms with E-state index in [0.29, 0.717) is 5.56 Å². The molecule has 4 rings (SSSR count). The second-order valence-corrected chi connectivity index (χ2v) is 10.8. The monoisotopic (exact) mass is 538 g/mol. The minimum atomic E-state index is -4.14. The first kappa shape index (κ1) is 25.7. The number of urea groups is 1. The summed E-state index contributed by atoms with van der Waals surface area (Å²) >= 11 is 0. The molecule has 0 aromatic heterocycles. The quantitative estimate of drug-likeness (QED) is 0.287. The Morgan fingerprint density at radius 3 is 1.62 bits per heavy atom. The predicted molar refractivity (Wildman–Crippen MR) is 139 cm³/mol. The van der Waals surface area contributed by atoms with Gasteiger partial charge in [-0.3, -0.25) is 0 Å². The van der Waals surface area contributed by atoms with E-state index in [0.717, 1.165) is 0 Å².